The maximum Gasteiger partial charge on any atom is 0.185 e. The van der Waals surface area contributed by atoms with Gasteiger partial charge in [0.1, 0.15) is 0 Å². The number of rotatable bonds is 6. The second-order valence-corrected chi connectivity index (χ2v) is 6.37. The Hall–Kier alpha value is -0.650. The summed E-state index contributed by atoms with van der Waals surface area (Å²) >= 11 is 1.84. The smallest absolute Gasteiger partial charge is 0.185 e. The summed E-state index contributed by atoms with van der Waals surface area (Å²) < 4.78 is 0. The van der Waals surface area contributed by atoms with E-state index in [1.54, 1.807) is 0 Å². The van der Waals surface area contributed by atoms with Crippen LogP contribution in [0.5, 0.6) is 0 Å². The quantitative estimate of drug-likeness (QED) is 0.810. The predicted octanol–water partition coefficient (Wildman–Crippen LogP) is 2.17. The van der Waals surface area contributed by atoms with Crippen molar-refractivity contribution in [3.8, 4) is 0 Å². The lowest BCUT2D eigenvalue weighted by Gasteiger charge is -2.39. The second-order valence-electron chi connectivity index (χ2n) is 5.27. The Morgan fingerprint density at radius 1 is 1.42 bits per heavy atom. The Morgan fingerprint density at radius 3 is 3.00 bits per heavy atom. The molecule has 0 bridgehead atoms. The SMILES string of the molecule is CCCNCc1cnc(N2CCN(C)C(CC)C2)s1. The molecule has 108 valence electrons. The van der Waals surface area contributed by atoms with Gasteiger partial charge in [0, 0.05) is 43.3 Å². The molecule has 1 aromatic heterocycles. The lowest BCUT2D eigenvalue weighted by Crippen LogP contribution is -2.51. The van der Waals surface area contributed by atoms with Crippen molar-refractivity contribution >= 4 is 16.5 Å². The molecule has 4 nitrogen and oxygen atoms in total. The third-order valence-electron chi connectivity index (χ3n) is 3.79. The zero-order valence-corrected chi connectivity index (χ0v) is 13.2. The van der Waals surface area contributed by atoms with Gasteiger partial charge in [0.2, 0.25) is 0 Å². The Labute approximate surface area is 120 Å². The minimum atomic E-state index is 0.666. The van der Waals surface area contributed by atoms with Crippen LogP contribution >= 0.6 is 11.3 Å². The Bertz CT molecular complexity index is 379. The highest BCUT2D eigenvalue weighted by atomic mass is 32.1. The van der Waals surface area contributed by atoms with Gasteiger partial charge in [-0.15, -0.1) is 11.3 Å². The van der Waals surface area contributed by atoms with Crippen LogP contribution in [-0.2, 0) is 6.54 Å². The van der Waals surface area contributed by atoms with Gasteiger partial charge >= 0.3 is 0 Å². The first kappa shape index (κ1) is 14.8. The van der Waals surface area contributed by atoms with Crippen LogP contribution in [0.25, 0.3) is 0 Å². The fourth-order valence-electron chi connectivity index (χ4n) is 2.47. The van der Waals surface area contributed by atoms with Crippen LogP contribution in [0.3, 0.4) is 0 Å². The second kappa shape index (κ2) is 7.22. The molecule has 1 aliphatic rings. The molecule has 1 fully saturated rings. The maximum atomic E-state index is 4.60. The highest BCUT2D eigenvalue weighted by Crippen LogP contribution is 2.25. The normalized spacial score (nSPS) is 21.0. The number of thiazole rings is 1. The molecule has 2 rings (SSSR count). The average Bonchev–Trinajstić information content (AvgIpc) is 2.88. The minimum Gasteiger partial charge on any atom is -0.345 e. The van der Waals surface area contributed by atoms with Crippen molar-refractivity contribution in [2.45, 2.75) is 39.3 Å². The van der Waals surface area contributed by atoms with E-state index in [1.165, 1.54) is 22.9 Å². The fraction of sp³-hybridized carbons (Fsp3) is 0.786. The summed E-state index contributed by atoms with van der Waals surface area (Å²) in [5.74, 6) is 0. The molecule has 2 heterocycles. The van der Waals surface area contributed by atoms with Crippen molar-refractivity contribution in [2.75, 3.05) is 38.1 Å². The molecule has 1 aromatic rings. The first-order chi connectivity index (χ1) is 9.24. The fourth-order valence-corrected chi connectivity index (χ4v) is 3.39. The standard InChI is InChI=1S/C14H26N4S/c1-4-6-15-9-13-10-16-14(19-13)18-8-7-17(3)12(5-2)11-18/h10,12,15H,4-9,11H2,1-3H3. The van der Waals surface area contributed by atoms with Gasteiger partial charge in [-0.2, -0.15) is 0 Å². The van der Waals surface area contributed by atoms with E-state index in [1.807, 2.05) is 17.5 Å². The molecule has 0 saturated carbocycles. The predicted molar refractivity (Wildman–Crippen MR) is 83.0 cm³/mol. The highest BCUT2D eigenvalue weighted by molar-refractivity contribution is 7.15. The molecule has 0 aliphatic carbocycles. The van der Waals surface area contributed by atoms with Crippen LogP contribution in [0.2, 0.25) is 0 Å². The molecule has 19 heavy (non-hydrogen) atoms. The van der Waals surface area contributed by atoms with Gasteiger partial charge in [-0.3, -0.25) is 4.90 Å². The summed E-state index contributed by atoms with van der Waals surface area (Å²) in [7, 11) is 2.23. The van der Waals surface area contributed by atoms with E-state index >= 15 is 0 Å². The third kappa shape index (κ3) is 3.91. The number of aromatic nitrogens is 1. The number of nitrogens with one attached hydrogen (secondary N) is 1. The average molecular weight is 282 g/mol. The van der Waals surface area contributed by atoms with Crippen LogP contribution < -0.4 is 10.2 Å². The zero-order chi connectivity index (χ0) is 13.7. The van der Waals surface area contributed by atoms with Crippen LogP contribution in [0.15, 0.2) is 6.20 Å². The van der Waals surface area contributed by atoms with E-state index in [0.29, 0.717) is 6.04 Å². The number of hydrogen-bond donors (Lipinski definition) is 1. The van der Waals surface area contributed by atoms with Crippen molar-refractivity contribution in [1.82, 2.24) is 15.2 Å². The monoisotopic (exact) mass is 282 g/mol. The van der Waals surface area contributed by atoms with Crippen molar-refractivity contribution in [1.29, 1.82) is 0 Å². The van der Waals surface area contributed by atoms with Crippen molar-refractivity contribution in [3.63, 3.8) is 0 Å². The number of anilines is 1. The Morgan fingerprint density at radius 2 is 2.26 bits per heavy atom. The van der Waals surface area contributed by atoms with E-state index in [9.17, 15) is 0 Å². The molecule has 1 atom stereocenters. The first-order valence-corrected chi connectivity index (χ1v) is 8.16. The highest BCUT2D eigenvalue weighted by Gasteiger charge is 2.24. The van der Waals surface area contributed by atoms with Crippen LogP contribution in [0, 0.1) is 0 Å². The summed E-state index contributed by atoms with van der Waals surface area (Å²) in [6.07, 6.45) is 4.42. The molecule has 0 spiro atoms. The molecule has 1 saturated heterocycles. The van der Waals surface area contributed by atoms with Crippen LogP contribution in [0.1, 0.15) is 31.6 Å². The number of likely N-dealkylation sites (N-methyl/N-ethyl adjacent to an activating group) is 1. The Kier molecular flexibility index (Phi) is 5.60. The minimum absolute atomic E-state index is 0.666. The van der Waals surface area contributed by atoms with E-state index in [-0.39, 0.29) is 0 Å². The van der Waals surface area contributed by atoms with E-state index in [4.69, 9.17) is 0 Å². The van der Waals surface area contributed by atoms with Gasteiger partial charge in [-0.05, 0) is 26.4 Å². The summed E-state index contributed by atoms with van der Waals surface area (Å²) in [4.78, 5) is 10.9. The molecule has 1 N–H and O–H groups in total. The van der Waals surface area contributed by atoms with Gasteiger partial charge in [0.25, 0.3) is 0 Å². The van der Waals surface area contributed by atoms with Crippen molar-refractivity contribution in [2.24, 2.45) is 0 Å². The van der Waals surface area contributed by atoms with Crippen molar-refractivity contribution < 1.29 is 0 Å². The lowest BCUT2D eigenvalue weighted by molar-refractivity contribution is 0.213. The number of nitrogens with zero attached hydrogens (tertiary/aromatic N) is 3. The summed E-state index contributed by atoms with van der Waals surface area (Å²) in [6, 6.07) is 0.666. The van der Waals surface area contributed by atoms with E-state index in [2.05, 4.69) is 41.0 Å². The number of hydrogen-bond acceptors (Lipinski definition) is 5. The van der Waals surface area contributed by atoms with Crippen molar-refractivity contribution in [3.05, 3.63) is 11.1 Å². The van der Waals surface area contributed by atoms with Gasteiger partial charge < -0.3 is 10.2 Å². The van der Waals surface area contributed by atoms with E-state index in [0.717, 1.165) is 32.7 Å². The van der Waals surface area contributed by atoms with Gasteiger partial charge in [0.15, 0.2) is 5.13 Å². The summed E-state index contributed by atoms with van der Waals surface area (Å²) in [5, 5.41) is 4.63. The molecular formula is C14H26N4S. The Balaban J connectivity index is 1.91. The molecule has 0 amide bonds. The maximum absolute atomic E-state index is 4.60. The molecule has 0 radical (unpaired) electrons. The molecular weight excluding hydrogens is 256 g/mol. The zero-order valence-electron chi connectivity index (χ0n) is 12.4. The van der Waals surface area contributed by atoms with Gasteiger partial charge in [-0.1, -0.05) is 13.8 Å². The third-order valence-corrected chi connectivity index (χ3v) is 4.84. The molecule has 0 aromatic carbocycles. The largest absolute Gasteiger partial charge is 0.345 e. The molecule has 5 heteroatoms. The van der Waals surface area contributed by atoms with Crippen LogP contribution in [-0.4, -0.2) is 49.2 Å². The van der Waals surface area contributed by atoms with E-state index < -0.39 is 0 Å². The first-order valence-electron chi connectivity index (χ1n) is 7.35. The topological polar surface area (TPSA) is 31.4 Å². The summed E-state index contributed by atoms with van der Waals surface area (Å²) in [6.45, 7) is 9.86. The summed E-state index contributed by atoms with van der Waals surface area (Å²) in [5.41, 5.74) is 0. The van der Waals surface area contributed by atoms with Crippen LogP contribution in [0.4, 0.5) is 5.13 Å². The lowest BCUT2D eigenvalue weighted by atomic mass is 10.1. The van der Waals surface area contributed by atoms with Gasteiger partial charge in [0.05, 0.1) is 0 Å². The number of piperazine rings is 1. The molecule has 1 unspecified atom stereocenters. The van der Waals surface area contributed by atoms with Gasteiger partial charge in [-0.25, -0.2) is 4.98 Å². The molecule has 1 aliphatic heterocycles.